The summed E-state index contributed by atoms with van der Waals surface area (Å²) in [4.78, 5) is 26.5. The van der Waals surface area contributed by atoms with E-state index < -0.39 is 19.1 Å². The minimum Gasteiger partial charge on any atom is -0.507 e. The summed E-state index contributed by atoms with van der Waals surface area (Å²) in [6.45, 7) is 5.56. The van der Waals surface area contributed by atoms with Gasteiger partial charge in [0.05, 0.1) is 17.9 Å². The number of carbonyl (C=O) groups excluding carboxylic acids is 2. The first-order chi connectivity index (χ1) is 12.7. The molecule has 2 amide bonds. The summed E-state index contributed by atoms with van der Waals surface area (Å²) < 4.78 is 5.91. The largest absolute Gasteiger partial charge is 0.507 e. The molecule has 1 aromatic rings. The molecule has 3 aliphatic rings. The lowest BCUT2D eigenvalue weighted by Crippen LogP contribution is -2.44. The van der Waals surface area contributed by atoms with E-state index in [0.29, 0.717) is 12.8 Å². The average Bonchev–Trinajstić information content (AvgIpc) is 2.83. The molecular formula is C20H24BNO5. The van der Waals surface area contributed by atoms with Gasteiger partial charge in [-0.25, -0.2) is 0 Å². The monoisotopic (exact) mass is 369 g/mol. The maximum absolute atomic E-state index is 12.7. The zero-order chi connectivity index (χ0) is 19.6. The fourth-order valence-corrected chi connectivity index (χ4v) is 5.10. The van der Waals surface area contributed by atoms with Crippen molar-refractivity contribution in [2.45, 2.75) is 39.7 Å². The van der Waals surface area contributed by atoms with E-state index in [1.165, 1.54) is 11.9 Å². The van der Waals surface area contributed by atoms with Crippen molar-refractivity contribution in [2.75, 3.05) is 7.05 Å². The second-order valence-corrected chi connectivity index (χ2v) is 8.13. The summed E-state index contributed by atoms with van der Waals surface area (Å²) in [5.41, 5.74) is 4.06. The van der Waals surface area contributed by atoms with Gasteiger partial charge in [-0.15, -0.1) is 0 Å². The third kappa shape index (κ3) is 2.64. The molecule has 2 saturated heterocycles. The Morgan fingerprint density at radius 1 is 1.11 bits per heavy atom. The minimum absolute atomic E-state index is 0.128. The van der Waals surface area contributed by atoms with Crippen molar-refractivity contribution in [3.8, 4) is 5.75 Å². The van der Waals surface area contributed by atoms with Crippen LogP contribution in [0.4, 0.5) is 0 Å². The van der Waals surface area contributed by atoms with Crippen LogP contribution in [-0.4, -0.2) is 41.0 Å². The third-order valence-electron chi connectivity index (χ3n) is 6.46. The topological polar surface area (TPSA) is 87.1 Å². The number of nitrogens with zero attached hydrogens (tertiary/aromatic N) is 1. The molecule has 6 nitrogen and oxygen atoms in total. The second kappa shape index (κ2) is 6.21. The number of likely N-dealkylation sites (tertiary alicyclic amines) is 1. The number of fused-ring (bicyclic) bond motifs is 3. The number of aromatic hydroxyl groups is 1. The van der Waals surface area contributed by atoms with E-state index in [1.807, 2.05) is 32.9 Å². The summed E-state index contributed by atoms with van der Waals surface area (Å²) >= 11 is 0. The molecule has 142 valence electrons. The lowest BCUT2D eigenvalue weighted by molar-refractivity contribution is -0.138. The first-order valence-corrected chi connectivity index (χ1v) is 9.35. The zero-order valence-electron chi connectivity index (χ0n) is 16.0. The summed E-state index contributed by atoms with van der Waals surface area (Å²) in [5, 5.41) is 20.7. The molecule has 0 unspecified atom stereocenters. The van der Waals surface area contributed by atoms with Gasteiger partial charge in [-0.1, -0.05) is 5.57 Å². The van der Waals surface area contributed by atoms with Gasteiger partial charge in [-0.05, 0) is 73.8 Å². The van der Waals surface area contributed by atoms with E-state index in [4.69, 9.17) is 4.65 Å². The van der Waals surface area contributed by atoms with Crippen molar-refractivity contribution < 1.29 is 24.4 Å². The Balaban J connectivity index is 1.74. The quantitative estimate of drug-likeness (QED) is 0.585. The number of carbonyl (C=O) groups is 2. The number of hydrogen-bond acceptors (Lipinski definition) is 5. The van der Waals surface area contributed by atoms with E-state index >= 15 is 0 Å². The van der Waals surface area contributed by atoms with Crippen molar-refractivity contribution in [3.63, 3.8) is 0 Å². The Morgan fingerprint density at radius 3 is 2.37 bits per heavy atom. The Morgan fingerprint density at radius 2 is 1.74 bits per heavy atom. The molecule has 7 heteroatoms. The maximum atomic E-state index is 12.7. The lowest BCUT2D eigenvalue weighted by Gasteiger charge is -2.41. The fourth-order valence-electron chi connectivity index (χ4n) is 5.10. The van der Waals surface area contributed by atoms with Crippen LogP contribution in [0.3, 0.4) is 0 Å². The van der Waals surface area contributed by atoms with Crippen molar-refractivity contribution in [2.24, 2.45) is 17.8 Å². The van der Waals surface area contributed by atoms with Crippen molar-refractivity contribution in [3.05, 3.63) is 39.9 Å². The van der Waals surface area contributed by atoms with Gasteiger partial charge in [0.25, 0.3) is 0 Å². The van der Waals surface area contributed by atoms with Crippen LogP contribution in [0.5, 0.6) is 5.75 Å². The van der Waals surface area contributed by atoms with Crippen LogP contribution >= 0.6 is 0 Å². The number of allylic oxidation sites excluding steroid dienone is 2. The van der Waals surface area contributed by atoms with Crippen LogP contribution in [0.25, 0.3) is 0 Å². The fraction of sp³-hybridized carbons (Fsp3) is 0.500. The maximum Gasteiger partial charge on any atom is 0.487 e. The van der Waals surface area contributed by atoms with Gasteiger partial charge in [-0.2, -0.15) is 0 Å². The summed E-state index contributed by atoms with van der Waals surface area (Å²) in [7, 11) is 0.454. The molecule has 1 aliphatic carbocycles. The highest BCUT2D eigenvalue weighted by molar-refractivity contribution is 6.53. The Hall–Kier alpha value is -2.12. The third-order valence-corrected chi connectivity index (χ3v) is 6.46. The molecular weight excluding hydrogens is 345 g/mol. The SMILES string of the molecule is CC1=C2B(O)O[C@H](c3cc(C)c(O)c(C)c3)C[C@H]2[C@H]2C(=O)N(C)C(=O)[C@H]2C1. The number of benzene rings is 1. The van der Waals surface area contributed by atoms with Crippen LogP contribution in [0.1, 0.15) is 42.6 Å². The van der Waals surface area contributed by atoms with E-state index in [9.17, 15) is 19.7 Å². The molecule has 2 fully saturated rings. The number of rotatable bonds is 1. The predicted molar refractivity (Wildman–Crippen MR) is 99.6 cm³/mol. The van der Waals surface area contributed by atoms with Crippen LogP contribution in [0.15, 0.2) is 23.2 Å². The molecule has 2 heterocycles. The Bertz CT molecular complexity index is 856. The molecule has 0 bridgehead atoms. The molecule has 0 saturated carbocycles. The summed E-state index contributed by atoms with van der Waals surface area (Å²) in [6, 6.07) is 3.71. The molecule has 1 aromatic carbocycles. The van der Waals surface area contributed by atoms with Crippen LogP contribution in [0, 0.1) is 31.6 Å². The van der Waals surface area contributed by atoms with Gasteiger partial charge < -0.3 is 14.8 Å². The first-order valence-electron chi connectivity index (χ1n) is 9.35. The van der Waals surface area contributed by atoms with Gasteiger partial charge in [-0.3, -0.25) is 14.5 Å². The van der Waals surface area contributed by atoms with Crippen LogP contribution < -0.4 is 0 Å². The number of aryl methyl sites for hydroxylation is 2. The van der Waals surface area contributed by atoms with Crippen molar-refractivity contribution >= 4 is 18.9 Å². The van der Waals surface area contributed by atoms with Crippen molar-refractivity contribution in [1.29, 1.82) is 0 Å². The Labute approximate surface area is 159 Å². The van der Waals surface area contributed by atoms with Gasteiger partial charge in [0.2, 0.25) is 11.8 Å². The van der Waals surface area contributed by atoms with Gasteiger partial charge in [0.15, 0.2) is 0 Å². The van der Waals surface area contributed by atoms with Gasteiger partial charge >= 0.3 is 7.12 Å². The number of hydrogen-bond donors (Lipinski definition) is 2. The number of phenols is 1. The second-order valence-electron chi connectivity index (χ2n) is 8.13. The van der Waals surface area contributed by atoms with E-state index in [0.717, 1.165) is 27.7 Å². The Kier molecular flexibility index (Phi) is 4.20. The molecule has 2 N–H and O–H groups in total. The van der Waals surface area contributed by atoms with E-state index in [1.54, 1.807) is 0 Å². The van der Waals surface area contributed by atoms with Crippen LogP contribution in [-0.2, 0) is 14.2 Å². The van der Waals surface area contributed by atoms with Gasteiger partial charge in [0, 0.05) is 7.05 Å². The van der Waals surface area contributed by atoms with Crippen molar-refractivity contribution in [1.82, 2.24) is 4.90 Å². The highest BCUT2D eigenvalue weighted by Crippen LogP contribution is 2.51. The van der Waals surface area contributed by atoms with Crippen LogP contribution in [0.2, 0.25) is 0 Å². The molecule has 0 aromatic heterocycles. The van der Waals surface area contributed by atoms with E-state index in [2.05, 4.69) is 0 Å². The molecule has 0 spiro atoms. The summed E-state index contributed by atoms with van der Waals surface area (Å²) in [5.74, 6) is -1.02. The highest BCUT2D eigenvalue weighted by Gasteiger charge is 2.56. The zero-order valence-corrected chi connectivity index (χ0v) is 16.0. The van der Waals surface area contributed by atoms with Gasteiger partial charge in [0.1, 0.15) is 5.75 Å². The smallest absolute Gasteiger partial charge is 0.487 e. The predicted octanol–water partition coefficient (Wildman–Crippen LogP) is 2.06. The highest BCUT2D eigenvalue weighted by atomic mass is 16.5. The molecule has 27 heavy (non-hydrogen) atoms. The minimum atomic E-state index is -1.09. The molecule has 4 rings (SSSR count). The van der Waals surface area contributed by atoms with E-state index in [-0.39, 0.29) is 29.4 Å². The normalized spacial score (nSPS) is 30.7. The number of imide groups is 1. The standard InChI is InChI=1S/C20H24BNO5/c1-9-7-14-16(20(25)22(4)19(14)24)13-8-15(27-21(26)17(9)13)12-5-10(2)18(23)11(3)6-12/h5-6,13-16,23,26H,7-8H2,1-4H3/t13-,14-,15-,16+/m0/s1. The molecule has 4 atom stereocenters. The lowest BCUT2D eigenvalue weighted by atomic mass is 9.55. The number of amides is 2. The first kappa shape index (κ1) is 18.3. The molecule has 2 aliphatic heterocycles. The summed E-state index contributed by atoms with van der Waals surface area (Å²) in [6.07, 6.45) is 0.627. The number of phenolic OH excluding ortho intramolecular Hbond substituents is 1. The molecule has 0 radical (unpaired) electrons. The average molecular weight is 369 g/mol.